The Balaban J connectivity index is 2.28. The molecule has 0 saturated heterocycles. The minimum atomic E-state index is -0.273. The number of rotatable bonds is 1. The SMILES string of the molecule is O=c1[nH]nc2cc(-c3ccccc3)c3c(Cl)n(Cl)ncc3c12. The number of fused-ring (bicyclic) bond motifs is 3. The van der Waals surface area contributed by atoms with Gasteiger partial charge in [0.25, 0.3) is 5.56 Å². The van der Waals surface area contributed by atoms with Crippen molar-refractivity contribution in [2.75, 3.05) is 0 Å². The summed E-state index contributed by atoms with van der Waals surface area (Å²) >= 11 is 12.3. The Labute approximate surface area is 134 Å². The molecule has 0 aliphatic carbocycles. The van der Waals surface area contributed by atoms with E-state index in [-0.39, 0.29) is 10.7 Å². The molecule has 0 aliphatic heterocycles. The number of benzene rings is 2. The molecule has 0 atom stereocenters. The van der Waals surface area contributed by atoms with Gasteiger partial charge in [-0.1, -0.05) is 41.9 Å². The van der Waals surface area contributed by atoms with Gasteiger partial charge >= 0.3 is 0 Å². The van der Waals surface area contributed by atoms with Crippen molar-refractivity contribution in [2.45, 2.75) is 0 Å². The van der Waals surface area contributed by atoms with Gasteiger partial charge in [-0.15, -0.1) is 0 Å². The van der Waals surface area contributed by atoms with Crippen LogP contribution in [0.15, 0.2) is 47.4 Å². The van der Waals surface area contributed by atoms with Crippen LogP contribution >= 0.6 is 23.4 Å². The highest BCUT2D eigenvalue weighted by Crippen LogP contribution is 2.36. The van der Waals surface area contributed by atoms with Crippen LogP contribution in [0, 0.1) is 0 Å². The molecular formula is C15H8Cl2N4O. The zero-order chi connectivity index (χ0) is 15.3. The Hall–Kier alpha value is -2.37. The smallest absolute Gasteiger partial charge is 0.267 e. The molecule has 0 spiro atoms. The molecule has 7 heteroatoms. The van der Waals surface area contributed by atoms with Crippen LogP contribution in [0.25, 0.3) is 32.8 Å². The van der Waals surface area contributed by atoms with Crippen molar-refractivity contribution in [3.8, 4) is 11.1 Å². The number of aromatic nitrogens is 4. The second-order valence-corrected chi connectivity index (χ2v) is 5.50. The highest BCUT2D eigenvalue weighted by Gasteiger charge is 2.17. The van der Waals surface area contributed by atoms with Crippen LogP contribution < -0.4 is 5.56 Å². The first-order valence-corrected chi connectivity index (χ1v) is 7.18. The number of aromatic amines is 1. The van der Waals surface area contributed by atoms with Crippen LogP contribution in [-0.4, -0.2) is 19.5 Å². The second-order valence-electron chi connectivity index (χ2n) is 4.82. The summed E-state index contributed by atoms with van der Waals surface area (Å²) in [7, 11) is 0. The molecule has 5 nitrogen and oxygen atoms in total. The van der Waals surface area contributed by atoms with Crippen LogP contribution in [0.3, 0.4) is 0 Å². The predicted molar refractivity (Wildman–Crippen MR) is 87.4 cm³/mol. The van der Waals surface area contributed by atoms with E-state index in [1.165, 1.54) is 6.20 Å². The Morgan fingerprint density at radius 3 is 2.68 bits per heavy atom. The summed E-state index contributed by atoms with van der Waals surface area (Å²) in [4.78, 5) is 12.0. The fourth-order valence-electron chi connectivity index (χ4n) is 2.63. The molecule has 22 heavy (non-hydrogen) atoms. The number of hydrogen-bond donors (Lipinski definition) is 1. The Kier molecular flexibility index (Phi) is 2.92. The summed E-state index contributed by atoms with van der Waals surface area (Å²) < 4.78 is 1.06. The van der Waals surface area contributed by atoms with E-state index in [9.17, 15) is 4.79 Å². The van der Waals surface area contributed by atoms with Crippen molar-refractivity contribution in [1.29, 1.82) is 0 Å². The van der Waals surface area contributed by atoms with Crippen molar-refractivity contribution in [2.24, 2.45) is 0 Å². The van der Waals surface area contributed by atoms with E-state index in [1.54, 1.807) is 0 Å². The molecule has 4 rings (SSSR count). The maximum atomic E-state index is 12.0. The zero-order valence-corrected chi connectivity index (χ0v) is 12.6. The maximum Gasteiger partial charge on any atom is 0.274 e. The van der Waals surface area contributed by atoms with E-state index in [0.717, 1.165) is 15.3 Å². The molecule has 1 N–H and O–H groups in total. The molecule has 2 aromatic carbocycles. The first-order valence-electron chi connectivity index (χ1n) is 6.47. The summed E-state index contributed by atoms with van der Waals surface area (Å²) in [6.45, 7) is 0. The van der Waals surface area contributed by atoms with Crippen molar-refractivity contribution in [3.63, 3.8) is 0 Å². The highest BCUT2D eigenvalue weighted by molar-refractivity contribution is 6.39. The lowest BCUT2D eigenvalue weighted by molar-refractivity contribution is 0.961. The lowest BCUT2D eigenvalue weighted by Gasteiger charge is -2.10. The quantitative estimate of drug-likeness (QED) is 0.580. The van der Waals surface area contributed by atoms with Crippen molar-refractivity contribution in [1.82, 2.24) is 19.5 Å². The van der Waals surface area contributed by atoms with Crippen molar-refractivity contribution >= 4 is 45.1 Å². The summed E-state index contributed by atoms with van der Waals surface area (Å²) in [5, 5.41) is 12.5. The standard InChI is InChI=1S/C15H8Cl2N4O/c16-14-12-9(8-4-2-1-3-5-8)6-11-13(15(22)20-19-11)10(12)7-18-21(14)17/h1-7H,(H,20,22). The van der Waals surface area contributed by atoms with Gasteiger partial charge < -0.3 is 0 Å². The second kappa shape index (κ2) is 4.83. The summed E-state index contributed by atoms with van der Waals surface area (Å²) in [6, 6.07) is 11.5. The van der Waals surface area contributed by atoms with Crippen LogP contribution in [0.1, 0.15) is 0 Å². The average molecular weight is 331 g/mol. The van der Waals surface area contributed by atoms with Gasteiger partial charge in [0.2, 0.25) is 0 Å². The van der Waals surface area contributed by atoms with Gasteiger partial charge in [-0.25, -0.2) is 5.10 Å². The van der Waals surface area contributed by atoms with E-state index in [1.807, 2.05) is 36.4 Å². The predicted octanol–water partition coefficient (Wildman–Crippen LogP) is 3.60. The molecule has 0 aliphatic rings. The minimum Gasteiger partial charge on any atom is -0.267 e. The monoisotopic (exact) mass is 330 g/mol. The lowest BCUT2D eigenvalue weighted by atomic mass is 9.98. The number of nitrogens with zero attached hydrogens (tertiary/aromatic N) is 3. The fourth-order valence-corrected chi connectivity index (χ4v) is 3.01. The Bertz CT molecular complexity index is 1070. The van der Waals surface area contributed by atoms with Gasteiger partial charge in [-0.3, -0.25) is 4.79 Å². The number of H-pyrrole nitrogens is 1. The molecular weight excluding hydrogens is 323 g/mol. The Morgan fingerprint density at radius 2 is 1.91 bits per heavy atom. The van der Waals surface area contributed by atoms with Crippen LogP contribution in [0.2, 0.25) is 5.15 Å². The molecule has 4 aromatic rings. The summed E-state index contributed by atoms with van der Waals surface area (Å²) in [5.74, 6) is 0. The zero-order valence-electron chi connectivity index (χ0n) is 11.0. The third-order valence-corrected chi connectivity index (χ3v) is 4.28. The average Bonchev–Trinajstić information content (AvgIpc) is 2.92. The van der Waals surface area contributed by atoms with Gasteiger partial charge in [0.1, 0.15) is 0 Å². The van der Waals surface area contributed by atoms with Crippen LogP contribution in [-0.2, 0) is 0 Å². The number of halogens is 2. The molecule has 0 amide bonds. The molecule has 0 bridgehead atoms. The van der Waals surface area contributed by atoms with E-state index in [0.29, 0.717) is 21.7 Å². The molecule has 108 valence electrons. The summed E-state index contributed by atoms with van der Waals surface area (Å²) in [6.07, 6.45) is 1.53. The van der Waals surface area contributed by atoms with Gasteiger partial charge in [0.05, 0.1) is 17.1 Å². The van der Waals surface area contributed by atoms with E-state index >= 15 is 0 Å². The normalized spacial score (nSPS) is 11.4. The van der Waals surface area contributed by atoms with E-state index in [2.05, 4.69) is 15.3 Å². The number of hydrogen-bond acceptors (Lipinski definition) is 3. The lowest BCUT2D eigenvalue weighted by Crippen LogP contribution is -2.01. The largest absolute Gasteiger partial charge is 0.274 e. The molecule has 2 heterocycles. The van der Waals surface area contributed by atoms with E-state index in [4.69, 9.17) is 23.4 Å². The topological polar surface area (TPSA) is 63.6 Å². The Morgan fingerprint density at radius 1 is 1.14 bits per heavy atom. The van der Waals surface area contributed by atoms with Crippen LogP contribution in [0.4, 0.5) is 0 Å². The van der Waals surface area contributed by atoms with Crippen molar-refractivity contribution < 1.29 is 0 Å². The van der Waals surface area contributed by atoms with Crippen LogP contribution in [0.5, 0.6) is 0 Å². The number of nitrogens with one attached hydrogen (secondary N) is 1. The molecule has 0 radical (unpaired) electrons. The first kappa shape index (κ1) is 13.3. The van der Waals surface area contributed by atoms with Gasteiger partial charge in [0, 0.05) is 22.5 Å². The first-order chi connectivity index (χ1) is 10.7. The third-order valence-electron chi connectivity index (χ3n) is 3.59. The maximum absolute atomic E-state index is 12.0. The van der Waals surface area contributed by atoms with Gasteiger partial charge in [0.15, 0.2) is 5.15 Å². The summed E-state index contributed by atoms with van der Waals surface area (Å²) in [5.41, 5.74) is 2.09. The highest BCUT2D eigenvalue weighted by atomic mass is 35.5. The third kappa shape index (κ3) is 1.83. The van der Waals surface area contributed by atoms with Gasteiger partial charge in [-0.05, 0) is 17.2 Å². The molecule has 0 saturated carbocycles. The minimum absolute atomic E-state index is 0.250. The van der Waals surface area contributed by atoms with E-state index < -0.39 is 0 Å². The van der Waals surface area contributed by atoms with Crippen molar-refractivity contribution in [3.05, 3.63) is 58.1 Å². The molecule has 2 aromatic heterocycles. The van der Waals surface area contributed by atoms with Gasteiger partial charge in [-0.2, -0.15) is 14.4 Å². The fraction of sp³-hybridized carbons (Fsp3) is 0. The molecule has 0 unspecified atom stereocenters. The molecule has 0 fully saturated rings.